The van der Waals surface area contributed by atoms with E-state index in [9.17, 15) is 4.79 Å². The van der Waals surface area contributed by atoms with Crippen molar-refractivity contribution in [3.05, 3.63) is 38.7 Å². The van der Waals surface area contributed by atoms with Gasteiger partial charge in [-0.15, -0.1) is 11.8 Å². The number of hydrogen-bond acceptors (Lipinski definition) is 2. The smallest absolute Gasteiger partial charge is 0.265 e. The van der Waals surface area contributed by atoms with E-state index >= 15 is 0 Å². The van der Waals surface area contributed by atoms with E-state index < -0.39 is 0 Å². The van der Waals surface area contributed by atoms with E-state index in [1.807, 2.05) is 24.3 Å². The van der Waals surface area contributed by atoms with Crippen LogP contribution in [-0.2, 0) is 4.79 Å². The molecule has 5 heteroatoms. The summed E-state index contributed by atoms with van der Waals surface area (Å²) in [5.74, 6) is 0.869. The first-order valence-corrected chi connectivity index (χ1v) is 7.30. The van der Waals surface area contributed by atoms with Gasteiger partial charge in [0, 0.05) is 28.0 Å². The molecular formula is C12H11BrClNOS. The van der Waals surface area contributed by atoms with Crippen molar-refractivity contribution in [2.45, 2.75) is 6.42 Å². The molecule has 1 aromatic carbocycles. The van der Waals surface area contributed by atoms with Crippen LogP contribution in [0.1, 0.15) is 6.42 Å². The van der Waals surface area contributed by atoms with Crippen molar-refractivity contribution >= 4 is 50.9 Å². The number of anilines is 1. The van der Waals surface area contributed by atoms with Crippen LogP contribution >= 0.6 is 39.3 Å². The first-order chi connectivity index (χ1) is 8.09. The fourth-order valence-corrected chi connectivity index (χ4v) is 3.29. The minimum absolute atomic E-state index is 0.0279. The number of hydrogen-bond donors (Lipinski definition) is 0. The molecule has 0 N–H and O–H groups in total. The highest BCUT2D eigenvalue weighted by Crippen LogP contribution is 2.35. The van der Waals surface area contributed by atoms with E-state index in [1.54, 1.807) is 11.9 Å². The Labute approximate surface area is 118 Å². The SMILES string of the molecule is CN(C(=O)C1=C(Cl)CCS1)c1ccc(Br)cc1. The molecule has 0 unspecified atom stereocenters. The third kappa shape index (κ3) is 2.87. The molecule has 0 aromatic heterocycles. The Kier molecular flexibility index (Phi) is 4.17. The predicted molar refractivity (Wildman–Crippen MR) is 77.5 cm³/mol. The molecule has 0 atom stereocenters. The Balaban J connectivity index is 2.20. The highest BCUT2D eigenvalue weighted by Gasteiger charge is 2.23. The second-order valence-corrected chi connectivity index (χ2v) is 6.15. The molecule has 1 aromatic rings. The lowest BCUT2D eigenvalue weighted by Gasteiger charge is -2.17. The van der Waals surface area contributed by atoms with Crippen molar-refractivity contribution in [3.8, 4) is 0 Å². The first-order valence-electron chi connectivity index (χ1n) is 5.14. The van der Waals surface area contributed by atoms with Crippen LogP contribution in [0, 0.1) is 0 Å². The van der Waals surface area contributed by atoms with Gasteiger partial charge in [0.05, 0.1) is 4.91 Å². The molecule has 17 heavy (non-hydrogen) atoms. The molecule has 1 heterocycles. The average molecular weight is 333 g/mol. The van der Waals surface area contributed by atoms with E-state index in [4.69, 9.17) is 11.6 Å². The van der Waals surface area contributed by atoms with Gasteiger partial charge in [0.15, 0.2) is 0 Å². The highest BCUT2D eigenvalue weighted by molar-refractivity contribution is 9.10. The lowest BCUT2D eigenvalue weighted by Crippen LogP contribution is -2.26. The summed E-state index contributed by atoms with van der Waals surface area (Å²) < 4.78 is 0.995. The number of thioether (sulfide) groups is 1. The number of allylic oxidation sites excluding steroid dienone is 1. The van der Waals surface area contributed by atoms with Crippen LogP contribution in [-0.4, -0.2) is 18.7 Å². The Bertz CT molecular complexity index is 472. The van der Waals surface area contributed by atoms with Crippen LogP contribution in [0.5, 0.6) is 0 Å². The molecule has 1 aliphatic rings. The lowest BCUT2D eigenvalue weighted by atomic mass is 10.3. The molecular weight excluding hydrogens is 322 g/mol. The minimum Gasteiger partial charge on any atom is -0.311 e. The lowest BCUT2D eigenvalue weighted by molar-refractivity contribution is -0.114. The summed E-state index contributed by atoms with van der Waals surface area (Å²) in [5.41, 5.74) is 0.864. The molecule has 0 bridgehead atoms. The summed E-state index contributed by atoms with van der Waals surface area (Å²) >= 11 is 10.9. The summed E-state index contributed by atoms with van der Waals surface area (Å²) in [6.07, 6.45) is 0.793. The maximum atomic E-state index is 12.2. The number of carbonyl (C=O) groups is 1. The molecule has 0 spiro atoms. The van der Waals surface area contributed by atoms with Crippen molar-refractivity contribution in [2.75, 3.05) is 17.7 Å². The molecule has 0 saturated heterocycles. The normalized spacial score (nSPS) is 15.2. The fourth-order valence-electron chi connectivity index (χ4n) is 1.55. The number of rotatable bonds is 2. The standard InChI is InChI=1S/C12H11BrClNOS/c1-15(9-4-2-8(13)3-5-9)12(16)11-10(14)6-7-17-11/h2-5H,6-7H2,1H3. The molecule has 2 nitrogen and oxygen atoms in total. The summed E-state index contributed by atoms with van der Waals surface area (Å²) in [7, 11) is 1.77. The summed E-state index contributed by atoms with van der Waals surface area (Å²) in [5, 5.41) is 0.684. The van der Waals surface area contributed by atoms with Crippen LogP contribution in [0.2, 0.25) is 0 Å². The molecule has 1 aliphatic heterocycles. The van der Waals surface area contributed by atoms with Gasteiger partial charge in [0.1, 0.15) is 0 Å². The van der Waals surface area contributed by atoms with Gasteiger partial charge in [-0.3, -0.25) is 4.79 Å². The number of likely N-dealkylation sites (N-methyl/N-ethyl adjacent to an activating group) is 1. The van der Waals surface area contributed by atoms with E-state index in [0.29, 0.717) is 9.94 Å². The summed E-state index contributed by atoms with van der Waals surface area (Å²) in [6, 6.07) is 7.62. The van der Waals surface area contributed by atoms with Crippen molar-refractivity contribution in [2.24, 2.45) is 0 Å². The van der Waals surface area contributed by atoms with Crippen molar-refractivity contribution in [1.82, 2.24) is 0 Å². The maximum absolute atomic E-state index is 12.2. The largest absolute Gasteiger partial charge is 0.311 e. The maximum Gasteiger partial charge on any atom is 0.265 e. The number of amides is 1. The Morgan fingerprint density at radius 2 is 2.06 bits per heavy atom. The number of halogens is 2. The van der Waals surface area contributed by atoms with Gasteiger partial charge in [-0.1, -0.05) is 27.5 Å². The molecule has 0 aliphatic carbocycles. The van der Waals surface area contributed by atoms with Gasteiger partial charge in [0.25, 0.3) is 5.91 Å². The second-order valence-electron chi connectivity index (χ2n) is 3.67. The van der Waals surface area contributed by atoms with E-state index in [0.717, 1.165) is 22.3 Å². The third-order valence-corrected chi connectivity index (χ3v) is 4.66. The van der Waals surface area contributed by atoms with E-state index in [2.05, 4.69) is 15.9 Å². The second kappa shape index (κ2) is 5.46. The fraction of sp³-hybridized carbons (Fsp3) is 0.250. The van der Waals surface area contributed by atoms with Crippen LogP contribution in [0.4, 0.5) is 5.69 Å². The number of nitrogens with zero attached hydrogens (tertiary/aromatic N) is 1. The van der Waals surface area contributed by atoms with Gasteiger partial charge < -0.3 is 4.90 Å². The quantitative estimate of drug-likeness (QED) is 0.816. The predicted octanol–water partition coefficient (Wildman–Crippen LogP) is 4.00. The summed E-state index contributed by atoms with van der Waals surface area (Å²) in [4.78, 5) is 14.5. The Morgan fingerprint density at radius 1 is 1.41 bits per heavy atom. The van der Waals surface area contributed by atoms with Crippen LogP contribution in [0.25, 0.3) is 0 Å². The monoisotopic (exact) mass is 331 g/mol. The molecule has 0 saturated carbocycles. The number of carbonyl (C=O) groups excluding carboxylic acids is 1. The van der Waals surface area contributed by atoms with Crippen molar-refractivity contribution in [3.63, 3.8) is 0 Å². The Morgan fingerprint density at radius 3 is 2.59 bits per heavy atom. The zero-order valence-electron chi connectivity index (χ0n) is 9.24. The van der Waals surface area contributed by atoms with Crippen molar-refractivity contribution in [1.29, 1.82) is 0 Å². The summed E-state index contributed by atoms with van der Waals surface area (Å²) in [6.45, 7) is 0. The Hall–Kier alpha value is -0.450. The average Bonchev–Trinajstić information content (AvgIpc) is 2.74. The van der Waals surface area contributed by atoms with Gasteiger partial charge in [-0.25, -0.2) is 0 Å². The zero-order chi connectivity index (χ0) is 12.4. The highest BCUT2D eigenvalue weighted by atomic mass is 79.9. The van der Waals surface area contributed by atoms with Gasteiger partial charge >= 0.3 is 0 Å². The molecule has 1 amide bonds. The molecule has 90 valence electrons. The zero-order valence-corrected chi connectivity index (χ0v) is 12.4. The molecule has 0 fully saturated rings. The number of benzene rings is 1. The van der Waals surface area contributed by atoms with Crippen LogP contribution < -0.4 is 4.90 Å². The van der Waals surface area contributed by atoms with E-state index in [-0.39, 0.29) is 5.91 Å². The van der Waals surface area contributed by atoms with Gasteiger partial charge in [0.2, 0.25) is 0 Å². The van der Waals surface area contributed by atoms with Crippen LogP contribution in [0.15, 0.2) is 38.7 Å². The topological polar surface area (TPSA) is 20.3 Å². The van der Waals surface area contributed by atoms with Crippen molar-refractivity contribution < 1.29 is 4.79 Å². The third-order valence-electron chi connectivity index (χ3n) is 2.53. The van der Waals surface area contributed by atoms with Gasteiger partial charge in [-0.05, 0) is 30.7 Å². The van der Waals surface area contributed by atoms with E-state index in [1.165, 1.54) is 11.8 Å². The molecule has 0 radical (unpaired) electrons. The van der Waals surface area contributed by atoms with Crippen LogP contribution in [0.3, 0.4) is 0 Å². The van der Waals surface area contributed by atoms with Gasteiger partial charge in [-0.2, -0.15) is 0 Å². The minimum atomic E-state index is -0.0279. The first kappa shape index (κ1) is 13.0. The molecule has 2 rings (SSSR count).